The maximum Gasteiger partial charge on any atom is 0.191 e. The molecule has 0 atom stereocenters. The van der Waals surface area contributed by atoms with Crippen LogP contribution >= 0.6 is 24.0 Å². The van der Waals surface area contributed by atoms with Gasteiger partial charge in [-0.2, -0.15) is 0 Å². The summed E-state index contributed by atoms with van der Waals surface area (Å²) in [6, 6.07) is 11.6. The van der Waals surface area contributed by atoms with Crippen LogP contribution in [0.25, 0.3) is 0 Å². The lowest BCUT2D eigenvalue weighted by molar-refractivity contribution is 0.357. The molecule has 0 saturated carbocycles. The predicted octanol–water partition coefficient (Wildman–Crippen LogP) is 3.35. The smallest absolute Gasteiger partial charge is 0.191 e. The van der Waals surface area contributed by atoms with Crippen molar-refractivity contribution in [1.82, 2.24) is 10.6 Å². The lowest BCUT2D eigenvalue weighted by Gasteiger charge is -2.15. The minimum absolute atomic E-state index is 0. The number of halogens is 2. The second-order valence-corrected chi connectivity index (χ2v) is 6.82. The first-order valence-electron chi connectivity index (χ1n) is 9.21. The molecule has 0 unspecified atom stereocenters. The summed E-state index contributed by atoms with van der Waals surface area (Å²) in [5.41, 5.74) is 4.03. The van der Waals surface area contributed by atoms with Crippen LogP contribution in [0, 0.1) is 5.82 Å². The minimum Gasteiger partial charge on any atom is -0.493 e. The number of fused-ring (bicyclic) bond motifs is 1. The zero-order chi connectivity index (χ0) is 19.2. The Morgan fingerprint density at radius 2 is 1.93 bits per heavy atom. The van der Waals surface area contributed by atoms with Crippen LogP contribution in [0.15, 0.2) is 41.4 Å². The van der Waals surface area contributed by atoms with E-state index in [1.807, 2.05) is 20.2 Å². The molecular formula is C21H28FIN4O. The highest BCUT2D eigenvalue weighted by Gasteiger charge is 2.12. The molecule has 0 bridgehead atoms. The van der Waals surface area contributed by atoms with Crippen LogP contribution in [-0.2, 0) is 19.4 Å². The Kier molecular flexibility index (Phi) is 8.35. The lowest BCUT2D eigenvalue weighted by Crippen LogP contribution is -2.37. The van der Waals surface area contributed by atoms with E-state index in [9.17, 15) is 4.39 Å². The summed E-state index contributed by atoms with van der Waals surface area (Å²) in [6.45, 7) is 2.07. The van der Waals surface area contributed by atoms with Crippen LogP contribution in [-0.4, -0.2) is 40.3 Å². The fraction of sp³-hybridized carbons (Fsp3) is 0.381. The highest BCUT2D eigenvalue weighted by atomic mass is 127. The third kappa shape index (κ3) is 5.73. The average molecular weight is 498 g/mol. The van der Waals surface area contributed by atoms with Gasteiger partial charge in [0.1, 0.15) is 11.6 Å². The van der Waals surface area contributed by atoms with Crippen LogP contribution in [0.2, 0.25) is 0 Å². The summed E-state index contributed by atoms with van der Waals surface area (Å²) in [5.74, 6) is 1.50. The van der Waals surface area contributed by atoms with Gasteiger partial charge in [-0.1, -0.05) is 18.2 Å². The normalized spacial score (nSPS) is 12.6. The first-order chi connectivity index (χ1) is 13.1. The van der Waals surface area contributed by atoms with E-state index in [2.05, 4.69) is 33.8 Å². The Labute approximate surface area is 183 Å². The molecule has 2 N–H and O–H groups in total. The molecule has 7 heteroatoms. The van der Waals surface area contributed by atoms with Gasteiger partial charge in [-0.05, 0) is 41.3 Å². The molecular weight excluding hydrogens is 470 g/mol. The molecule has 0 fully saturated rings. The number of guanidine groups is 1. The van der Waals surface area contributed by atoms with Crippen molar-refractivity contribution in [2.45, 2.75) is 19.4 Å². The summed E-state index contributed by atoms with van der Waals surface area (Å²) in [7, 11) is 5.39. The Hall–Kier alpha value is -2.03. The van der Waals surface area contributed by atoms with Crippen molar-refractivity contribution in [2.75, 3.05) is 39.2 Å². The molecule has 2 aromatic rings. The van der Waals surface area contributed by atoms with E-state index in [0.717, 1.165) is 37.3 Å². The third-order valence-electron chi connectivity index (χ3n) is 4.64. The maximum atomic E-state index is 14.1. The Morgan fingerprint density at radius 1 is 1.14 bits per heavy atom. The van der Waals surface area contributed by atoms with Crippen molar-refractivity contribution in [3.63, 3.8) is 0 Å². The van der Waals surface area contributed by atoms with Crippen molar-refractivity contribution in [2.24, 2.45) is 4.99 Å². The minimum atomic E-state index is -0.220. The van der Waals surface area contributed by atoms with Crippen molar-refractivity contribution in [3.05, 3.63) is 58.9 Å². The number of hydrogen-bond donors (Lipinski definition) is 2. The van der Waals surface area contributed by atoms with Crippen LogP contribution in [0.4, 0.5) is 10.1 Å². The van der Waals surface area contributed by atoms with Gasteiger partial charge in [-0.15, -0.1) is 24.0 Å². The molecule has 0 radical (unpaired) electrons. The summed E-state index contributed by atoms with van der Waals surface area (Å²) in [5, 5.41) is 6.53. The molecule has 1 aliphatic heterocycles. The standard InChI is InChI=1S/C21H27FN4O.HI/c1-23-21(25-14-16-4-6-19(26(2)3)18(22)13-16)24-10-8-15-5-7-20-17(12-15)9-11-27-20;/h4-7,12-13H,8-11,14H2,1-3H3,(H2,23,24,25);1H. The van der Waals surface area contributed by atoms with Gasteiger partial charge in [-0.3, -0.25) is 4.99 Å². The highest BCUT2D eigenvalue weighted by Crippen LogP contribution is 2.25. The average Bonchev–Trinajstić information content (AvgIpc) is 3.12. The monoisotopic (exact) mass is 498 g/mol. The number of rotatable bonds is 6. The summed E-state index contributed by atoms with van der Waals surface area (Å²) < 4.78 is 19.6. The Balaban J connectivity index is 0.00000280. The van der Waals surface area contributed by atoms with Crippen LogP contribution in [0.5, 0.6) is 5.75 Å². The number of nitrogens with zero attached hydrogens (tertiary/aromatic N) is 2. The van der Waals surface area contributed by atoms with E-state index in [0.29, 0.717) is 18.2 Å². The highest BCUT2D eigenvalue weighted by molar-refractivity contribution is 14.0. The predicted molar refractivity (Wildman–Crippen MR) is 124 cm³/mol. The molecule has 0 amide bonds. The molecule has 1 aliphatic rings. The van der Waals surface area contributed by atoms with Crippen molar-refractivity contribution in [1.29, 1.82) is 0 Å². The number of aliphatic imine (C=N–C) groups is 1. The topological polar surface area (TPSA) is 48.9 Å². The SMILES string of the molecule is CN=C(NCCc1ccc2c(c1)CCO2)NCc1ccc(N(C)C)c(F)c1.I. The summed E-state index contributed by atoms with van der Waals surface area (Å²) >= 11 is 0. The van der Waals surface area contributed by atoms with Gasteiger partial charge in [0.05, 0.1) is 12.3 Å². The molecule has 0 aromatic heterocycles. The fourth-order valence-corrected chi connectivity index (χ4v) is 3.15. The van der Waals surface area contributed by atoms with E-state index < -0.39 is 0 Å². The molecule has 0 aliphatic carbocycles. The number of anilines is 1. The zero-order valence-electron chi connectivity index (χ0n) is 16.6. The first kappa shape index (κ1) is 22.3. The Morgan fingerprint density at radius 3 is 2.64 bits per heavy atom. The number of nitrogens with one attached hydrogen (secondary N) is 2. The van der Waals surface area contributed by atoms with E-state index in [4.69, 9.17) is 4.74 Å². The molecule has 0 spiro atoms. The quantitative estimate of drug-likeness (QED) is 0.365. The van der Waals surface area contributed by atoms with E-state index in [-0.39, 0.29) is 29.8 Å². The van der Waals surface area contributed by atoms with Gasteiger partial charge in [0, 0.05) is 40.7 Å². The molecule has 3 rings (SSSR count). The van der Waals surface area contributed by atoms with Crippen molar-refractivity contribution in [3.8, 4) is 5.75 Å². The van der Waals surface area contributed by atoms with Gasteiger partial charge >= 0.3 is 0 Å². The second-order valence-electron chi connectivity index (χ2n) is 6.82. The second kappa shape index (κ2) is 10.5. The van der Waals surface area contributed by atoms with Gasteiger partial charge in [0.2, 0.25) is 0 Å². The van der Waals surface area contributed by atoms with E-state index in [1.165, 1.54) is 11.1 Å². The number of ether oxygens (including phenoxy) is 1. The molecule has 28 heavy (non-hydrogen) atoms. The van der Waals surface area contributed by atoms with Crippen molar-refractivity contribution < 1.29 is 9.13 Å². The van der Waals surface area contributed by atoms with Crippen LogP contribution in [0.1, 0.15) is 16.7 Å². The van der Waals surface area contributed by atoms with Gasteiger partial charge in [0.15, 0.2) is 5.96 Å². The Bertz CT molecular complexity index is 826. The number of benzene rings is 2. The fourth-order valence-electron chi connectivity index (χ4n) is 3.15. The molecule has 5 nitrogen and oxygen atoms in total. The number of hydrogen-bond acceptors (Lipinski definition) is 3. The first-order valence-corrected chi connectivity index (χ1v) is 9.21. The zero-order valence-corrected chi connectivity index (χ0v) is 18.9. The van der Waals surface area contributed by atoms with E-state index in [1.54, 1.807) is 24.1 Å². The van der Waals surface area contributed by atoms with Crippen LogP contribution < -0.4 is 20.3 Å². The van der Waals surface area contributed by atoms with Gasteiger partial charge in [-0.25, -0.2) is 4.39 Å². The van der Waals surface area contributed by atoms with Gasteiger partial charge in [0.25, 0.3) is 0 Å². The molecule has 2 aromatic carbocycles. The molecule has 1 heterocycles. The largest absolute Gasteiger partial charge is 0.493 e. The third-order valence-corrected chi connectivity index (χ3v) is 4.64. The van der Waals surface area contributed by atoms with Gasteiger partial charge < -0.3 is 20.3 Å². The van der Waals surface area contributed by atoms with Crippen LogP contribution in [0.3, 0.4) is 0 Å². The maximum absolute atomic E-state index is 14.1. The summed E-state index contributed by atoms with van der Waals surface area (Å²) in [6.07, 6.45) is 1.89. The van der Waals surface area contributed by atoms with E-state index >= 15 is 0 Å². The molecule has 0 saturated heterocycles. The summed E-state index contributed by atoms with van der Waals surface area (Å²) in [4.78, 5) is 5.99. The van der Waals surface area contributed by atoms with Crippen molar-refractivity contribution >= 4 is 35.6 Å². The lowest BCUT2D eigenvalue weighted by atomic mass is 10.1. The molecule has 152 valence electrons.